The van der Waals surface area contributed by atoms with Crippen LogP contribution in [0, 0.1) is 6.92 Å². The summed E-state index contributed by atoms with van der Waals surface area (Å²) in [6, 6.07) is 17.4. The average molecular weight is 473 g/mol. The van der Waals surface area contributed by atoms with E-state index < -0.39 is 23.2 Å². The van der Waals surface area contributed by atoms with Crippen molar-refractivity contribution in [1.29, 1.82) is 0 Å². The largest absolute Gasteiger partial charge is 0.417 e. The van der Waals surface area contributed by atoms with Crippen molar-refractivity contribution in [2.45, 2.75) is 13.1 Å². The number of carbonyl (C=O) groups excluding carboxylic acids is 1. The molecule has 0 bridgehead atoms. The minimum absolute atomic E-state index is 0.408. The molecule has 5 aromatic rings. The maximum absolute atomic E-state index is 13.8. The number of anilines is 1. The van der Waals surface area contributed by atoms with Crippen molar-refractivity contribution < 1.29 is 18.0 Å². The fourth-order valence-electron chi connectivity index (χ4n) is 3.86. The topological polar surface area (TPSA) is 72.2 Å². The molecule has 9 heteroatoms. The van der Waals surface area contributed by atoms with Crippen molar-refractivity contribution >= 4 is 17.1 Å². The third-order valence-electron chi connectivity index (χ3n) is 5.56. The average Bonchev–Trinajstić information content (AvgIpc) is 3.29. The van der Waals surface area contributed by atoms with Gasteiger partial charge in [0.25, 0.3) is 5.91 Å². The number of hydrogen-bond acceptors (Lipinski definition) is 4. The van der Waals surface area contributed by atoms with Crippen LogP contribution in [0.4, 0.5) is 18.9 Å². The maximum Gasteiger partial charge on any atom is 0.417 e. The van der Waals surface area contributed by atoms with Crippen LogP contribution in [0.25, 0.3) is 28.2 Å². The molecule has 3 aromatic heterocycles. The van der Waals surface area contributed by atoms with Gasteiger partial charge in [-0.05, 0) is 55.0 Å². The number of nitrogens with one attached hydrogen (secondary N) is 1. The van der Waals surface area contributed by atoms with Crippen molar-refractivity contribution in [2.24, 2.45) is 0 Å². The molecule has 0 saturated heterocycles. The smallest absolute Gasteiger partial charge is 0.322 e. The van der Waals surface area contributed by atoms with Crippen LogP contribution in [0.3, 0.4) is 0 Å². The molecule has 0 spiro atoms. The van der Waals surface area contributed by atoms with E-state index in [1.807, 2.05) is 6.92 Å². The molecule has 5 rings (SSSR count). The highest BCUT2D eigenvalue weighted by atomic mass is 19.4. The fraction of sp³-hybridized carbons (Fsp3) is 0.0769. The lowest BCUT2D eigenvalue weighted by atomic mass is 9.98. The molecule has 0 saturated carbocycles. The summed E-state index contributed by atoms with van der Waals surface area (Å²) >= 11 is 0. The third kappa shape index (κ3) is 4.35. The molecule has 1 amide bonds. The van der Waals surface area contributed by atoms with Crippen LogP contribution >= 0.6 is 0 Å². The maximum atomic E-state index is 13.8. The van der Waals surface area contributed by atoms with Crippen molar-refractivity contribution in [3.05, 3.63) is 102 Å². The predicted molar refractivity (Wildman–Crippen MR) is 126 cm³/mol. The molecule has 6 nitrogen and oxygen atoms in total. The van der Waals surface area contributed by atoms with E-state index in [0.29, 0.717) is 33.8 Å². The first-order valence-electron chi connectivity index (χ1n) is 10.6. The number of aromatic nitrogens is 4. The van der Waals surface area contributed by atoms with Crippen LogP contribution in [0.5, 0.6) is 0 Å². The molecule has 0 unspecified atom stereocenters. The summed E-state index contributed by atoms with van der Waals surface area (Å²) in [5, 5.41) is 10.5. The number of aryl methyl sites for hydroxylation is 1. The number of benzene rings is 2. The minimum Gasteiger partial charge on any atom is -0.322 e. The Labute approximate surface area is 198 Å². The molecule has 0 atom stereocenters. The van der Waals surface area contributed by atoms with Crippen LogP contribution < -0.4 is 5.32 Å². The summed E-state index contributed by atoms with van der Waals surface area (Å²) in [7, 11) is 0. The Morgan fingerprint density at radius 1 is 1.00 bits per heavy atom. The number of rotatable bonds is 4. The summed E-state index contributed by atoms with van der Waals surface area (Å²) < 4.78 is 43.1. The Hall–Kier alpha value is -4.53. The molecule has 2 aromatic carbocycles. The Morgan fingerprint density at radius 3 is 2.51 bits per heavy atom. The monoisotopic (exact) mass is 473 g/mol. The van der Waals surface area contributed by atoms with Crippen LogP contribution in [0.15, 0.2) is 85.3 Å². The van der Waals surface area contributed by atoms with Crippen molar-refractivity contribution in [3.63, 3.8) is 0 Å². The lowest BCUT2D eigenvalue weighted by Gasteiger charge is -2.15. The SMILES string of the molecule is Cc1ccc(NC(=O)c2cc(-c3cccn4c(-c5cccnn5)ncc34)ccc2C(F)(F)F)cc1. The second-order valence-corrected chi connectivity index (χ2v) is 7.95. The molecule has 1 N–H and O–H groups in total. The van der Waals surface area contributed by atoms with E-state index in [1.165, 1.54) is 12.1 Å². The second kappa shape index (κ2) is 8.68. The van der Waals surface area contributed by atoms with E-state index in [9.17, 15) is 18.0 Å². The van der Waals surface area contributed by atoms with Gasteiger partial charge < -0.3 is 5.32 Å². The van der Waals surface area contributed by atoms with Gasteiger partial charge in [0.05, 0.1) is 22.8 Å². The van der Waals surface area contributed by atoms with Crippen molar-refractivity contribution in [3.8, 4) is 22.6 Å². The number of nitrogens with zero attached hydrogens (tertiary/aromatic N) is 4. The van der Waals surface area contributed by atoms with Gasteiger partial charge in [0.2, 0.25) is 0 Å². The van der Waals surface area contributed by atoms with E-state index in [-0.39, 0.29) is 0 Å². The van der Waals surface area contributed by atoms with Crippen LogP contribution in [0.2, 0.25) is 0 Å². The molecule has 0 radical (unpaired) electrons. The summed E-state index contributed by atoms with van der Waals surface area (Å²) in [5.41, 5.74) is 2.17. The summed E-state index contributed by atoms with van der Waals surface area (Å²) in [6.45, 7) is 1.88. The van der Waals surface area contributed by atoms with Gasteiger partial charge in [0, 0.05) is 23.6 Å². The first kappa shape index (κ1) is 22.3. The van der Waals surface area contributed by atoms with Gasteiger partial charge in [0.1, 0.15) is 5.69 Å². The van der Waals surface area contributed by atoms with Gasteiger partial charge in [0.15, 0.2) is 5.82 Å². The summed E-state index contributed by atoms with van der Waals surface area (Å²) in [5.74, 6) is -0.303. The number of alkyl halides is 3. The van der Waals surface area contributed by atoms with E-state index in [2.05, 4.69) is 20.5 Å². The minimum atomic E-state index is -4.69. The van der Waals surface area contributed by atoms with Gasteiger partial charge in [-0.2, -0.15) is 18.3 Å². The van der Waals surface area contributed by atoms with E-state index in [1.54, 1.807) is 71.5 Å². The third-order valence-corrected chi connectivity index (χ3v) is 5.56. The molecule has 0 aliphatic heterocycles. The van der Waals surface area contributed by atoms with Gasteiger partial charge in [-0.15, -0.1) is 5.10 Å². The molecule has 3 heterocycles. The molecule has 0 aliphatic rings. The number of hydrogen-bond donors (Lipinski definition) is 1. The standard InChI is InChI=1S/C26H18F3N5O/c1-16-6-9-18(10-7-16)32-25(35)20-14-17(8-11-21(20)26(27,28)29)19-4-3-13-34-23(19)15-30-24(34)22-5-2-12-31-33-22/h2-15H,1H3,(H,32,35). The number of carbonyl (C=O) groups is 1. The zero-order chi connectivity index (χ0) is 24.6. The van der Waals surface area contributed by atoms with Gasteiger partial charge in [-0.1, -0.05) is 29.8 Å². The fourth-order valence-corrected chi connectivity index (χ4v) is 3.86. The van der Waals surface area contributed by atoms with Crippen molar-refractivity contribution in [1.82, 2.24) is 19.6 Å². The Balaban J connectivity index is 1.60. The lowest BCUT2D eigenvalue weighted by Crippen LogP contribution is -2.19. The summed E-state index contributed by atoms with van der Waals surface area (Å²) in [4.78, 5) is 17.4. The number of amides is 1. The lowest BCUT2D eigenvalue weighted by molar-refractivity contribution is -0.137. The van der Waals surface area contributed by atoms with Crippen LogP contribution in [0.1, 0.15) is 21.5 Å². The van der Waals surface area contributed by atoms with Crippen molar-refractivity contribution in [2.75, 3.05) is 5.32 Å². The first-order chi connectivity index (χ1) is 16.8. The quantitative estimate of drug-likeness (QED) is 0.346. The van der Waals surface area contributed by atoms with E-state index in [0.717, 1.165) is 11.6 Å². The molecular formula is C26H18F3N5O. The normalized spacial score (nSPS) is 11.5. The highest BCUT2D eigenvalue weighted by Crippen LogP contribution is 2.36. The van der Waals surface area contributed by atoms with Gasteiger partial charge in [-0.25, -0.2) is 4.98 Å². The number of fused-ring (bicyclic) bond motifs is 1. The van der Waals surface area contributed by atoms with Gasteiger partial charge >= 0.3 is 6.18 Å². The number of imidazole rings is 1. The van der Waals surface area contributed by atoms with Crippen LogP contribution in [-0.4, -0.2) is 25.5 Å². The molecule has 174 valence electrons. The summed E-state index contributed by atoms with van der Waals surface area (Å²) in [6.07, 6.45) is 0.254. The molecule has 0 fully saturated rings. The Bertz CT molecular complexity index is 1530. The zero-order valence-corrected chi connectivity index (χ0v) is 18.4. The second-order valence-electron chi connectivity index (χ2n) is 7.95. The van der Waals surface area contributed by atoms with Crippen LogP contribution in [-0.2, 0) is 6.18 Å². The highest BCUT2D eigenvalue weighted by molar-refractivity contribution is 6.06. The van der Waals surface area contributed by atoms with E-state index >= 15 is 0 Å². The van der Waals surface area contributed by atoms with Gasteiger partial charge in [-0.3, -0.25) is 9.20 Å². The zero-order valence-electron chi connectivity index (χ0n) is 18.4. The molecule has 0 aliphatic carbocycles. The molecular weight excluding hydrogens is 455 g/mol. The number of pyridine rings is 1. The number of halogens is 3. The molecule has 35 heavy (non-hydrogen) atoms. The Morgan fingerprint density at radius 2 is 1.80 bits per heavy atom. The Kier molecular flexibility index (Phi) is 5.52. The highest BCUT2D eigenvalue weighted by Gasteiger charge is 2.35. The van der Waals surface area contributed by atoms with E-state index in [4.69, 9.17) is 0 Å². The predicted octanol–water partition coefficient (Wildman–Crippen LogP) is 6.04. The first-order valence-corrected chi connectivity index (χ1v) is 10.6.